The van der Waals surface area contributed by atoms with Crippen LogP contribution in [0.1, 0.15) is 31.9 Å². The summed E-state index contributed by atoms with van der Waals surface area (Å²) in [5, 5.41) is 2.22. The first kappa shape index (κ1) is 36.0. The second-order valence-electron chi connectivity index (χ2n) is 14.7. The number of hydrogen-bond acceptors (Lipinski definition) is 2. The standard InChI is InChI=1S/C49H38N4O.Pt/c1-34-19-20-37(35-13-7-5-8-14-35)29-46(34)52-26-25-51(33-52)40-27-38(36-15-9-6-10-16-36)28-42(31-40)54-41-21-22-44-43-17-11-12-18-45(43)53(47(44)32-41)48-30-39(23-24-50-48)49(2,3)4;/h5-30H,1-4H3;/q-2;. The first-order chi connectivity index (χ1) is 26.3. The monoisotopic (exact) mass is 893 g/mol. The van der Waals surface area contributed by atoms with Crippen LogP contribution in [0.5, 0.6) is 11.5 Å². The summed E-state index contributed by atoms with van der Waals surface area (Å²) in [5.74, 6) is 2.02. The molecule has 0 radical (unpaired) electrons. The molecule has 0 unspecified atom stereocenters. The van der Waals surface area contributed by atoms with E-state index < -0.39 is 0 Å². The van der Waals surface area contributed by atoms with Crippen molar-refractivity contribution in [3.05, 3.63) is 188 Å². The Balaban J connectivity index is 0.00000427. The van der Waals surface area contributed by atoms with Crippen LogP contribution < -0.4 is 9.30 Å². The molecule has 0 atom stereocenters. The average molecular weight is 894 g/mol. The molecule has 5 nitrogen and oxygen atoms in total. The fourth-order valence-electron chi connectivity index (χ4n) is 7.07. The molecule has 6 heteroatoms. The Morgan fingerprint density at radius 2 is 1.38 bits per heavy atom. The van der Waals surface area contributed by atoms with E-state index in [1.165, 1.54) is 11.1 Å². The van der Waals surface area contributed by atoms with Crippen molar-refractivity contribution in [1.29, 1.82) is 0 Å². The molecule has 0 aliphatic carbocycles. The number of aryl methyl sites for hydroxylation is 1. The molecule has 6 aromatic carbocycles. The van der Waals surface area contributed by atoms with E-state index in [0.29, 0.717) is 11.5 Å². The summed E-state index contributed by atoms with van der Waals surface area (Å²) in [6, 6.07) is 55.4. The van der Waals surface area contributed by atoms with Crippen molar-refractivity contribution in [1.82, 2.24) is 14.1 Å². The van der Waals surface area contributed by atoms with Gasteiger partial charge in [-0.25, -0.2) is 4.98 Å². The molecule has 272 valence electrons. The summed E-state index contributed by atoms with van der Waals surface area (Å²) < 4.78 is 12.9. The quantitative estimate of drug-likeness (QED) is 0.118. The second-order valence-corrected chi connectivity index (χ2v) is 14.7. The van der Waals surface area contributed by atoms with Crippen molar-refractivity contribution < 1.29 is 30.4 Å². The van der Waals surface area contributed by atoms with E-state index >= 15 is 0 Å². The van der Waals surface area contributed by atoms with Crippen LogP contribution in [0.3, 0.4) is 0 Å². The number of pyridine rings is 1. The molecule has 3 heterocycles. The van der Waals surface area contributed by atoms with Crippen LogP contribution in [-0.2, 0) is 26.5 Å². The van der Waals surface area contributed by atoms with Gasteiger partial charge in [0.1, 0.15) is 5.82 Å². The van der Waals surface area contributed by atoms with Crippen molar-refractivity contribution >= 4 is 21.8 Å². The molecule has 9 aromatic rings. The van der Waals surface area contributed by atoms with E-state index in [1.807, 2.05) is 64.1 Å². The maximum atomic E-state index is 6.67. The number of para-hydroxylation sites is 1. The summed E-state index contributed by atoms with van der Waals surface area (Å²) in [7, 11) is 0. The summed E-state index contributed by atoms with van der Waals surface area (Å²) >= 11 is 0. The fraction of sp³-hybridized carbons (Fsp3) is 0.102. The third-order valence-corrected chi connectivity index (χ3v) is 9.97. The van der Waals surface area contributed by atoms with E-state index in [1.54, 1.807) is 0 Å². The molecule has 0 N–H and O–H groups in total. The molecule has 0 fully saturated rings. The number of nitrogens with zero attached hydrogens (tertiary/aromatic N) is 4. The smallest absolute Gasteiger partial charge is 0.267 e. The van der Waals surface area contributed by atoms with Gasteiger partial charge in [-0.2, -0.15) is 12.1 Å². The van der Waals surface area contributed by atoms with Gasteiger partial charge in [-0.15, -0.1) is 35.2 Å². The van der Waals surface area contributed by atoms with E-state index in [2.05, 4.69) is 154 Å². The Kier molecular flexibility index (Phi) is 9.59. The molecule has 3 aromatic heterocycles. The summed E-state index contributed by atoms with van der Waals surface area (Å²) in [4.78, 5) is 4.84. The van der Waals surface area contributed by atoms with Crippen molar-refractivity contribution in [3.8, 4) is 50.9 Å². The van der Waals surface area contributed by atoms with E-state index in [9.17, 15) is 0 Å². The second kappa shape index (κ2) is 14.7. The Bertz CT molecular complexity index is 2800. The minimum absolute atomic E-state index is 0. The molecule has 0 amide bonds. The predicted octanol–water partition coefficient (Wildman–Crippen LogP) is 11.4. The number of hydrogen-bond donors (Lipinski definition) is 0. The minimum atomic E-state index is -0.0206. The SMILES string of the molecule is Cc1ccc(-c2ccccc2)cc1-[n+]1[c-]n(-c2[c-]c(Oc3[c-]c4c(cc3)c3ccccc3n4-c3cc(C(C)(C)C)ccn3)cc(-c3ccccc3)c2)cc1.[Pt]. The largest absolute Gasteiger partial charge is 0.510 e. The number of benzene rings is 6. The molecule has 0 bridgehead atoms. The van der Waals surface area contributed by atoms with Gasteiger partial charge in [-0.05, 0) is 75.5 Å². The van der Waals surface area contributed by atoms with Gasteiger partial charge in [0.15, 0.2) is 0 Å². The van der Waals surface area contributed by atoms with Crippen LogP contribution in [-0.4, -0.2) is 14.1 Å². The van der Waals surface area contributed by atoms with E-state index in [-0.39, 0.29) is 26.5 Å². The van der Waals surface area contributed by atoms with E-state index in [4.69, 9.17) is 9.72 Å². The third kappa shape index (κ3) is 7.04. The van der Waals surface area contributed by atoms with Crippen LogP contribution in [0.25, 0.3) is 61.3 Å². The summed E-state index contributed by atoms with van der Waals surface area (Å²) in [6.45, 7) is 8.79. The van der Waals surface area contributed by atoms with Crippen LogP contribution in [0, 0.1) is 25.4 Å². The van der Waals surface area contributed by atoms with Crippen molar-refractivity contribution in [2.75, 3.05) is 0 Å². The first-order valence-corrected chi connectivity index (χ1v) is 18.2. The van der Waals surface area contributed by atoms with E-state index in [0.717, 1.165) is 61.3 Å². The van der Waals surface area contributed by atoms with Gasteiger partial charge in [0.2, 0.25) is 0 Å². The van der Waals surface area contributed by atoms with Gasteiger partial charge in [-0.1, -0.05) is 117 Å². The average Bonchev–Trinajstić information content (AvgIpc) is 3.82. The molecule has 0 aliphatic rings. The van der Waals surface area contributed by atoms with Gasteiger partial charge in [0, 0.05) is 56.7 Å². The maximum absolute atomic E-state index is 6.67. The number of aromatic nitrogens is 4. The molecular formula is C49H38N4OPt-2. The first-order valence-electron chi connectivity index (χ1n) is 18.2. The summed E-state index contributed by atoms with van der Waals surface area (Å²) in [5.41, 5.74) is 10.6. The van der Waals surface area contributed by atoms with Gasteiger partial charge < -0.3 is 13.9 Å². The molecule has 0 aliphatic heterocycles. The fourth-order valence-corrected chi connectivity index (χ4v) is 7.07. The van der Waals surface area contributed by atoms with Crippen LogP contribution in [0.4, 0.5) is 0 Å². The molecule has 0 spiro atoms. The van der Waals surface area contributed by atoms with Crippen molar-refractivity contribution in [3.63, 3.8) is 0 Å². The normalized spacial score (nSPS) is 11.5. The number of imidazole rings is 1. The molecular weight excluding hydrogens is 856 g/mol. The van der Waals surface area contributed by atoms with Crippen molar-refractivity contribution in [2.45, 2.75) is 33.1 Å². The molecule has 9 rings (SSSR count). The topological polar surface area (TPSA) is 35.9 Å². The minimum Gasteiger partial charge on any atom is -0.510 e. The number of fused-ring (bicyclic) bond motifs is 3. The maximum Gasteiger partial charge on any atom is 0.267 e. The molecule has 0 saturated carbocycles. The van der Waals surface area contributed by atoms with Gasteiger partial charge in [0.05, 0.1) is 5.69 Å². The zero-order chi connectivity index (χ0) is 36.8. The third-order valence-electron chi connectivity index (χ3n) is 9.97. The van der Waals surface area contributed by atoms with Gasteiger partial charge in [0.25, 0.3) is 6.33 Å². The zero-order valence-corrected chi connectivity index (χ0v) is 33.3. The Labute approximate surface area is 336 Å². The Morgan fingerprint density at radius 1 is 0.655 bits per heavy atom. The van der Waals surface area contributed by atoms with Crippen LogP contribution >= 0.6 is 0 Å². The van der Waals surface area contributed by atoms with Gasteiger partial charge >= 0.3 is 0 Å². The van der Waals surface area contributed by atoms with Crippen molar-refractivity contribution in [2.24, 2.45) is 0 Å². The Hall–Kier alpha value is -6.03. The number of rotatable bonds is 7. The van der Waals surface area contributed by atoms with Crippen LogP contribution in [0.15, 0.2) is 158 Å². The predicted molar refractivity (Wildman–Crippen MR) is 217 cm³/mol. The summed E-state index contributed by atoms with van der Waals surface area (Å²) in [6.07, 6.45) is 9.48. The number of ether oxygens (including phenoxy) is 1. The molecule has 0 saturated heterocycles. The molecule has 55 heavy (non-hydrogen) atoms. The van der Waals surface area contributed by atoms with Crippen LogP contribution in [0.2, 0.25) is 0 Å². The zero-order valence-electron chi connectivity index (χ0n) is 31.0. The Morgan fingerprint density at radius 3 is 2.15 bits per heavy atom. The van der Waals surface area contributed by atoms with Gasteiger partial charge in [-0.3, -0.25) is 4.57 Å².